The van der Waals surface area contributed by atoms with E-state index >= 15 is 0 Å². The van der Waals surface area contributed by atoms with Crippen LogP contribution in [0, 0.1) is 23.7 Å². The summed E-state index contributed by atoms with van der Waals surface area (Å²) in [4.78, 5) is 4.90. The molecule has 4 heteroatoms. The molecule has 4 rings (SSSR count). The van der Waals surface area contributed by atoms with E-state index in [9.17, 15) is 0 Å². The van der Waals surface area contributed by atoms with Crippen molar-refractivity contribution in [1.82, 2.24) is 10.7 Å². The lowest BCUT2D eigenvalue weighted by atomic mass is 9.96. The molecule has 0 aromatic heterocycles. The third-order valence-corrected chi connectivity index (χ3v) is 6.06. The number of fused-ring (bicyclic) bond motifs is 5. The van der Waals surface area contributed by atoms with E-state index < -0.39 is 0 Å². The van der Waals surface area contributed by atoms with Crippen LogP contribution in [0.3, 0.4) is 0 Å². The standard InChI is InChI=1S/C15H26N4/c16-19-15(17-11-4-2-1-3-5-11)18-14-12-9-6-7-10(8-9)13(12)14/h9-14H,1-8,16H2,(H2,17,18,19). The molecule has 0 heterocycles. The second kappa shape index (κ2) is 4.65. The van der Waals surface area contributed by atoms with Crippen LogP contribution in [0.25, 0.3) is 0 Å². The molecule has 4 aliphatic rings. The number of nitrogens with one attached hydrogen (secondary N) is 2. The molecular weight excluding hydrogens is 236 g/mol. The monoisotopic (exact) mass is 262 g/mol. The van der Waals surface area contributed by atoms with Gasteiger partial charge in [-0.15, -0.1) is 0 Å². The highest BCUT2D eigenvalue weighted by atomic mass is 15.3. The van der Waals surface area contributed by atoms with Crippen molar-refractivity contribution >= 4 is 5.96 Å². The van der Waals surface area contributed by atoms with Crippen LogP contribution >= 0.6 is 0 Å². The predicted molar refractivity (Wildman–Crippen MR) is 76.4 cm³/mol. The SMILES string of the molecule is NNC(=NC1C2C3CCC(C3)C12)NC1CCCCC1. The minimum atomic E-state index is 0.577. The highest BCUT2D eigenvalue weighted by molar-refractivity contribution is 5.80. The van der Waals surface area contributed by atoms with E-state index in [2.05, 4.69) is 10.7 Å². The first-order valence-corrected chi connectivity index (χ1v) is 8.18. The molecule has 0 radical (unpaired) electrons. The Morgan fingerprint density at radius 1 is 0.947 bits per heavy atom. The van der Waals surface area contributed by atoms with Crippen molar-refractivity contribution in [3.63, 3.8) is 0 Å². The molecule has 0 spiro atoms. The van der Waals surface area contributed by atoms with Crippen molar-refractivity contribution in [1.29, 1.82) is 0 Å². The second-order valence-electron chi connectivity index (χ2n) is 7.08. The number of aliphatic imine (C=N–C) groups is 1. The minimum Gasteiger partial charge on any atom is -0.353 e. The van der Waals surface area contributed by atoms with Gasteiger partial charge in [0.15, 0.2) is 0 Å². The summed E-state index contributed by atoms with van der Waals surface area (Å²) in [7, 11) is 0. The zero-order chi connectivity index (χ0) is 12.8. The zero-order valence-electron chi connectivity index (χ0n) is 11.6. The molecule has 4 nitrogen and oxygen atoms in total. The fraction of sp³-hybridized carbons (Fsp3) is 0.933. The molecule has 0 aromatic carbocycles. The van der Waals surface area contributed by atoms with Gasteiger partial charge in [-0.05, 0) is 55.8 Å². The Labute approximate surface area is 115 Å². The van der Waals surface area contributed by atoms with Crippen molar-refractivity contribution in [3.05, 3.63) is 0 Å². The number of nitrogens with zero attached hydrogens (tertiary/aromatic N) is 1. The van der Waals surface area contributed by atoms with Gasteiger partial charge in [0, 0.05) is 6.04 Å². The first-order valence-electron chi connectivity index (χ1n) is 8.18. The minimum absolute atomic E-state index is 0.577. The van der Waals surface area contributed by atoms with Gasteiger partial charge in [-0.2, -0.15) is 0 Å². The van der Waals surface area contributed by atoms with Crippen LogP contribution in [-0.2, 0) is 0 Å². The predicted octanol–water partition coefficient (Wildman–Crippen LogP) is 1.77. The van der Waals surface area contributed by atoms with Gasteiger partial charge in [-0.25, -0.2) is 10.8 Å². The zero-order valence-corrected chi connectivity index (χ0v) is 11.6. The lowest BCUT2D eigenvalue weighted by Gasteiger charge is -2.24. The van der Waals surface area contributed by atoms with E-state index in [4.69, 9.17) is 10.8 Å². The Morgan fingerprint density at radius 2 is 1.63 bits per heavy atom. The molecule has 2 bridgehead atoms. The molecule has 4 atom stereocenters. The van der Waals surface area contributed by atoms with Gasteiger partial charge < -0.3 is 5.32 Å². The highest BCUT2D eigenvalue weighted by Crippen LogP contribution is 2.66. The van der Waals surface area contributed by atoms with E-state index in [1.54, 1.807) is 0 Å². The van der Waals surface area contributed by atoms with Gasteiger partial charge in [-0.3, -0.25) is 5.43 Å². The molecule has 4 aliphatic carbocycles. The van der Waals surface area contributed by atoms with E-state index in [1.165, 1.54) is 51.4 Å². The first kappa shape index (κ1) is 12.0. The summed E-state index contributed by atoms with van der Waals surface area (Å²) in [5.74, 6) is 10.3. The van der Waals surface area contributed by atoms with Crippen LogP contribution in [0.15, 0.2) is 4.99 Å². The Hall–Kier alpha value is -0.770. The molecule has 0 amide bonds. The van der Waals surface area contributed by atoms with Gasteiger partial charge in [0.25, 0.3) is 0 Å². The molecule has 19 heavy (non-hydrogen) atoms. The van der Waals surface area contributed by atoms with Crippen LogP contribution in [0.4, 0.5) is 0 Å². The van der Waals surface area contributed by atoms with Crippen LogP contribution in [0.1, 0.15) is 51.4 Å². The molecule has 0 saturated heterocycles. The van der Waals surface area contributed by atoms with Crippen molar-refractivity contribution in [3.8, 4) is 0 Å². The molecule has 4 saturated carbocycles. The summed E-state index contributed by atoms with van der Waals surface area (Å²) in [6, 6.07) is 1.16. The number of hydrogen-bond donors (Lipinski definition) is 3. The van der Waals surface area contributed by atoms with Crippen LogP contribution < -0.4 is 16.6 Å². The molecule has 4 fully saturated rings. The first-order chi connectivity index (χ1) is 9.36. The third-order valence-electron chi connectivity index (χ3n) is 6.06. The van der Waals surface area contributed by atoms with Crippen molar-refractivity contribution in [2.24, 2.45) is 34.5 Å². The number of rotatable bonds is 2. The third kappa shape index (κ3) is 2.04. The lowest BCUT2D eigenvalue weighted by molar-refractivity contribution is 0.409. The maximum absolute atomic E-state index is 5.66. The summed E-state index contributed by atoms with van der Waals surface area (Å²) in [5, 5.41) is 3.53. The Balaban J connectivity index is 1.38. The quantitative estimate of drug-likeness (QED) is 0.308. The second-order valence-corrected chi connectivity index (χ2v) is 7.08. The average Bonchev–Trinajstić information content (AvgIpc) is 2.84. The average molecular weight is 262 g/mol. The van der Waals surface area contributed by atoms with Gasteiger partial charge in [0.05, 0.1) is 6.04 Å². The topological polar surface area (TPSA) is 62.4 Å². The summed E-state index contributed by atoms with van der Waals surface area (Å²) in [5.41, 5.74) is 2.80. The highest BCUT2D eigenvalue weighted by Gasteiger charge is 2.65. The molecule has 106 valence electrons. The molecule has 0 aliphatic heterocycles. The maximum atomic E-state index is 5.66. The fourth-order valence-electron chi connectivity index (χ4n) is 5.16. The summed E-state index contributed by atoms with van der Waals surface area (Å²) >= 11 is 0. The van der Waals surface area contributed by atoms with Gasteiger partial charge in [-0.1, -0.05) is 19.3 Å². The molecule has 4 unspecified atom stereocenters. The Morgan fingerprint density at radius 3 is 2.26 bits per heavy atom. The molecule has 0 aromatic rings. The molecule has 4 N–H and O–H groups in total. The van der Waals surface area contributed by atoms with Crippen molar-refractivity contribution in [2.45, 2.75) is 63.5 Å². The van der Waals surface area contributed by atoms with E-state index in [0.717, 1.165) is 29.6 Å². The Bertz CT molecular complexity index is 358. The molecular formula is C15H26N4. The fourth-order valence-corrected chi connectivity index (χ4v) is 5.16. The normalized spacial score (nSPS) is 45.1. The van der Waals surface area contributed by atoms with Gasteiger partial charge in [0.2, 0.25) is 5.96 Å². The van der Waals surface area contributed by atoms with Crippen molar-refractivity contribution < 1.29 is 0 Å². The van der Waals surface area contributed by atoms with Gasteiger partial charge in [0.1, 0.15) is 0 Å². The van der Waals surface area contributed by atoms with E-state index in [0.29, 0.717) is 12.1 Å². The summed E-state index contributed by atoms with van der Waals surface area (Å²) in [6.07, 6.45) is 11.0. The van der Waals surface area contributed by atoms with Crippen LogP contribution in [0.5, 0.6) is 0 Å². The number of guanidine groups is 1. The van der Waals surface area contributed by atoms with Gasteiger partial charge >= 0.3 is 0 Å². The summed E-state index contributed by atoms with van der Waals surface area (Å²) < 4.78 is 0. The smallest absolute Gasteiger partial charge is 0.206 e. The lowest BCUT2D eigenvalue weighted by Crippen LogP contribution is -2.47. The summed E-state index contributed by atoms with van der Waals surface area (Å²) in [6.45, 7) is 0. The Kier molecular flexibility index (Phi) is 2.94. The largest absolute Gasteiger partial charge is 0.353 e. The number of hydrogen-bond acceptors (Lipinski definition) is 2. The van der Waals surface area contributed by atoms with E-state index in [-0.39, 0.29) is 0 Å². The van der Waals surface area contributed by atoms with Crippen LogP contribution in [-0.4, -0.2) is 18.0 Å². The maximum Gasteiger partial charge on any atom is 0.206 e. The van der Waals surface area contributed by atoms with E-state index in [1.807, 2.05) is 0 Å². The number of nitrogens with two attached hydrogens (primary N) is 1. The number of hydrazine groups is 1. The van der Waals surface area contributed by atoms with Crippen molar-refractivity contribution in [2.75, 3.05) is 0 Å². The van der Waals surface area contributed by atoms with Crippen LogP contribution in [0.2, 0.25) is 0 Å².